The summed E-state index contributed by atoms with van der Waals surface area (Å²) in [5, 5.41) is 3.87. The van der Waals surface area contributed by atoms with Gasteiger partial charge >= 0.3 is 0 Å². The van der Waals surface area contributed by atoms with Crippen molar-refractivity contribution in [1.29, 1.82) is 0 Å². The van der Waals surface area contributed by atoms with E-state index < -0.39 is 0 Å². The Morgan fingerprint density at radius 2 is 1.90 bits per heavy atom. The minimum Gasteiger partial charge on any atom is -0.357 e. The molecule has 3 aromatic rings. The molecule has 0 amide bonds. The molecule has 0 bridgehead atoms. The zero-order chi connectivity index (χ0) is 15.2. The first kappa shape index (κ1) is 15.1. The molecule has 0 aliphatic carbocycles. The highest BCUT2D eigenvalue weighted by molar-refractivity contribution is 7.20. The smallest absolute Gasteiger partial charge is 0.224 e. The van der Waals surface area contributed by atoms with Crippen molar-refractivity contribution in [2.24, 2.45) is 5.73 Å². The van der Waals surface area contributed by atoms with Crippen LogP contribution in [0.2, 0.25) is 0 Å². The molecule has 0 atom stereocenters. The number of aldehydes is 1. The fourth-order valence-corrected chi connectivity index (χ4v) is 2.77. The van der Waals surface area contributed by atoms with Gasteiger partial charge < -0.3 is 11.1 Å². The van der Waals surface area contributed by atoms with Crippen LogP contribution in [0.1, 0.15) is 9.67 Å². The van der Waals surface area contributed by atoms with E-state index in [-0.39, 0.29) is 0 Å². The third-order valence-electron chi connectivity index (χ3n) is 2.80. The van der Waals surface area contributed by atoms with E-state index in [1.165, 1.54) is 18.4 Å². The second-order valence-corrected chi connectivity index (χ2v) is 5.06. The number of thiophene rings is 1. The van der Waals surface area contributed by atoms with Gasteiger partial charge in [-0.15, -0.1) is 11.3 Å². The van der Waals surface area contributed by atoms with Gasteiger partial charge in [-0.1, -0.05) is 30.3 Å². The number of anilines is 1. The molecule has 6 heteroatoms. The zero-order valence-corrected chi connectivity index (χ0v) is 12.6. The maximum absolute atomic E-state index is 10.9. The molecule has 0 unspecified atom stereocenters. The van der Waals surface area contributed by atoms with Crippen LogP contribution in [0.15, 0.2) is 36.4 Å². The molecule has 0 aliphatic rings. The molecular weight excluding hydrogens is 284 g/mol. The highest BCUT2D eigenvalue weighted by atomic mass is 32.1. The molecule has 5 nitrogen and oxygen atoms in total. The van der Waals surface area contributed by atoms with Gasteiger partial charge in [0.25, 0.3) is 0 Å². The Morgan fingerprint density at radius 1 is 1.19 bits per heavy atom. The number of nitrogens with zero attached hydrogens (tertiary/aromatic N) is 2. The Bertz CT molecular complexity index is 740. The SMILES string of the molecule is CN.CNc1nc(-c2ccccc2)c2cc(C=O)sc2n1. The molecule has 0 aliphatic heterocycles. The summed E-state index contributed by atoms with van der Waals surface area (Å²) >= 11 is 1.38. The van der Waals surface area contributed by atoms with Crippen molar-refractivity contribution < 1.29 is 4.79 Å². The van der Waals surface area contributed by atoms with Crippen LogP contribution in [0.4, 0.5) is 5.95 Å². The third kappa shape index (κ3) is 3.07. The van der Waals surface area contributed by atoms with Crippen LogP contribution in [0.3, 0.4) is 0 Å². The number of nitrogens with two attached hydrogens (primary N) is 1. The molecule has 3 rings (SSSR count). The van der Waals surface area contributed by atoms with E-state index in [0.717, 1.165) is 27.8 Å². The lowest BCUT2D eigenvalue weighted by Crippen LogP contribution is -1.97. The van der Waals surface area contributed by atoms with Gasteiger partial charge in [0.05, 0.1) is 10.6 Å². The van der Waals surface area contributed by atoms with E-state index in [1.54, 1.807) is 7.05 Å². The van der Waals surface area contributed by atoms with Gasteiger partial charge in [0, 0.05) is 18.0 Å². The first-order valence-corrected chi connectivity index (χ1v) is 7.21. The second kappa shape index (κ2) is 6.92. The van der Waals surface area contributed by atoms with Crippen molar-refractivity contribution in [3.05, 3.63) is 41.3 Å². The van der Waals surface area contributed by atoms with Crippen molar-refractivity contribution in [3.63, 3.8) is 0 Å². The average Bonchev–Trinajstić information content (AvgIpc) is 2.99. The Morgan fingerprint density at radius 3 is 2.52 bits per heavy atom. The van der Waals surface area contributed by atoms with Crippen LogP contribution in [-0.2, 0) is 0 Å². The van der Waals surface area contributed by atoms with Crippen molar-refractivity contribution in [2.75, 3.05) is 19.4 Å². The summed E-state index contributed by atoms with van der Waals surface area (Å²) in [6.07, 6.45) is 0.847. The van der Waals surface area contributed by atoms with Gasteiger partial charge in [0.2, 0.25) is 5.95 Å². The van der Waals surface area contributed by atoms with Crippen LogP contribution in [0, 0.1) is 0 Å². The van der Waals surface area contributed by atoms with Crippen LogP contribution < -0.4 is 11.1 Å². The van der Waals surface area contributed by atoms with Gasteiger partial charge in [-0.05, 0) is 13.1 Å². The maximum atomic E-state index is 10.9. The molecule has 2 aromatic heterocycles. The highest BCUT2D eigenvalue weighted by Gasteiger charge is 2.12. The van der Waals surface area contributed by atoms with E-state index in [9.17, 15) is 4.79 Å². The van der Waals surface area contributed by atoms with Gasteiger partial charge in [-0.3, -0.25) is 4.79 Å². The molecule has 0 saturated carbocycles. The quantitative estimate of drug-likeness (QED) is 0.727. The molecule has 1 aromatic carbocycles. The normalized spacial score (nSPS) is 9.86. The maximum Gasteiger partial charge on any atom is 0.224 e. The summed E-state index contributed by atoms with van der Waals surface area (Å²) in [6.45, 7) is 0. The fraction of sp³-hybridized carbons (Fsp3) is 0.133. The number of fused-ring (bicyclic) bond motifs is 1. The lowest BCUT2D eigenvalue weighted by Gasteiger charge is -2.05. The minimum atomic E-state index is 0.561. The molecule has 21 heavy (non-hydrogen) atoms. The molecule has 0 spiro atoms. The molecule has 2 heterocycles. The van der Waals surface area contributed by atoms with Gasteiger partial charge in [0.1, 0.15) is 4.83 Å². The highest BCUT2D eigenvalue weighted by Crippen LogP contribution is 2.32. The fourth-order valence-electron chi connectivity index (χ4n) is 1.93. The number of aromatic nitrogens is 2. The summed E-state index contributed by atoms with van der Waals surface area (Å²) in [7, 11) is 3.28. The summed E-state index contributed by atoms with van der Waals surface area (Å²) in [5.41, 5.74) is 6.36. The van der Waals surface area contributed by atoms with Gasteiger partial charge in [-0.25, -0.2) is 9.97 Å². The lowest BCUT2D eigenvalue weighted by molar-refractivity contribution is 0.112. The predicted octanol–water partition coefficient (Wildman–Crippen LogP) is 2.79. The van der Waals surface area contributed by atoms with Crippen LogP contribution in [-0.4, -0.2) is 30.3 Å². The molecule has 0 fully saturated rings. The summed E-state index contributed by atoms with van der Waals surface area (Å²) < 4.78 is 0. The number of hydrogen-bond acceptors (Lipinski definition) is 6. The van der Waals surface area contributed by atoms with Crippen LogP contribution in [0.5, 0.6) is 0 Å². The first-order valence-electron chi connectivity index (χ1n) is 6.39. The first-order chi connectivity index (χ1) is 10.3. The topological polar surface area (TPSA) is 80.9 Å². The molecule has 3 N–H and O–H groups in total. The van der Waals surface area contributed by atoms with E-state index in [1.807, 2.05) is 36.4 Å². The van der Waals surface area contributed by atoms with Crippen molar-refractivity contribution in [2.45, 2.75) is 0 Å². The Hall–Kier alpha value is -2.31. The Kier molecular flexibility index (Phi) is 4.97. The Labute approximate surface area is 126 Å². The van der Waals surface area contributed by atoms with E-state index >= 15 is 0 Å². The largest absolute Gasteiger partial charge is 0.357 e. The number of carbonyl (C=O) groups is 1. The number of rotatable bonds is 3. The Balaban J connectivity index is 0.000000774. The van der Waals surface area contributed by atoms with Crippen LogP contribution >= 0.6 is 11.3 Å². The summed E-state index contributed by atoms with van der Waals surface area (Å²) in [5.74, 6) is 0.561. The molecule has 0 saturated heterocycles. The van der Waals surface area contributed by atoms with E-state index in [0.29, 0.717) is 10.8 Å². The van der Waals surface area contributed by atoms with Crippen molar-refractivity contribution >= 4 is 33.8 Å². The van der Waals surface area contributed by atoms with Crippen molar-refractivity contribution in [3.8, 4) is 11.3 Å². The second-order valence-electron chi connectivity index (χ2n) is 4.00. The standard InChI is InChI=1S/C14H11N3OS.CH5N/c1-15-14-16-12(9-5-3-2-4-6-9)11-7-10(8-18)19-13(11)17-14;1-2/h2-8H,1H3,(H,15,16,17);2H2,1H3. The lowest BCUT2D eigenvalue weighted by atomic mass is 10.1. The molecule has 0 radical (unpaired) electrons. The zero-order valence-electron chi connectivity index (χ0n) is 11.8. The number of carbonyl (C=O) groups excluding carboxylic acids is 1. The molecule has 108 valence electrons. The van der Waals surface area contributed by atoms with Gasteiger partial charge in [0.15, 0.2) is 6.29 Å². The van der Waals surface area contributed by atoms with E-state index in [2.05, 4.69) is 21.0 Å². The summed E-state index contributed by atoms with van der Waals surface area (Å²) in [4.78, 5) is 21.3. The van der Waals surface area contributed by atoms with Crippen LogP contribution in [0.25, 0.3) is 21.5 Å². The summed E-state index contributed by atoms with van der Waals surface area (Å²) in [6, 6.07) is 11.7. The molecular formula is C15H16N4OS. The number of benzene rings is 1. The average molecular weight is 300 g/mol. The van der Waals surface area contributed by atoms with E-state index in [4.69, 9.17) is 0 Å². The third-order valence-corrected chi connectivity index (χ3v) is 3.75. The van der Waals surface area contributed by atoms with Gasteiger partial charge in [-0.2, -0.15) is 0 Å². The number of nitrogens with one attached hydrogen (secondary N) is 1. The van der Waals surface area contributed by atoms with Crippen molar-refractivity contribution in [1.82, 2.24) is 9.97 Å². The minimum absolute atomic E-state index is 0.561. The predicted molar refractivity (Wildman–Crippen MR) is 87.9 cm³/mol. The monoisotopic (exact) mass is 300 g/mol. The number of hydrogen-bond donors (Lipinski definition) is 2.